The smallest absolute Gasteiger partial charge is 0.227 e. The van der Waals surface area contributed by atoms with Crippen LogP contribution in [0.3, 0.4) is 0 Å². The number of hydrogen-bond acceptors (Lipinski definition) is 3. The summed E-state index contributed by atoms with van der Waals surface area (Å²) in [6.45, 7) is 4.17. The van der Waals surface area contributed by atoms with E-state index in [-0.39, 0.29) is 5.91 Å². The number of imidazole rings is 1. The molecule has 0 saturated carbocycles. The van der Waals surface area contributed by atoms with Crippen LogP contribution in [0.1, 0.15) is 13.8 Å². The van der Waals surface area contributed by atoms with Gasteiger partial charge in [0.1, 0.15) is 0 Å². The summed E-state index contributed by atoms with van der Waals surface area (Å²) >= 11 is 6.00. The van der Waals surface area contributed by atoms with Crippen LogP contribution in [-0.4, -0.2) is 22.5 Å². The van der Waals surface area contributed by atoms with Gasteiger partial charge in [-0.25, -0.2) is 4.98 Å². The second-order valence-corrected chi connectivity index (χ2v) is 5.59. The summed E-state index contributed by atoms with van der Waals surface area (Å²) in [7, 11) is 1.62. The van der Waals surface area contributed by atoms with Crippen molar-refractivity contribution in [2.45, 2.75) is 20.4 Å². The Morgan fingerprint density at radius 3 is 2.84 bits per heavy atom. The van der Waals surface area contributed by atoms with E-state index in [4.69, 9.17) is 17.3 Å². The van der Waals surface area contributed by atoms with Crippen LogP contribution in [0.2, 0.25) is 5.02 Å². The van der Waals surface area contributed by atoms with E-state index in [0.29, 0.717) is 17.5 Å². The fourth-order valence-corrected chi connectivity index (χ4v) is 2.25. The van der Waals surface area contributed by atoms with Crippen molar-refractivity contribution in [3.8, 4) is 0 Å². The highest BCUT2D eigenvalue weighted by Gasteiger charge is 2.28. The highest BCUT2D eigenvalue weighted by Crippen LogP contribution is 2.26. The molecule has 0 bridgehead atoms. The minimum Gasteiger partial charge on any atom is -0.369 e. The van der Waals surface area contributed by atoms with Gasteiger partial charge in [0, 0.05) is 18.6 Å². The predicted octanol–water partition coefficient (Wildman–Crippen LogP) is 2.04. The van der Waals surface area contributed by atoms with E-state index in [1.165, 1.54) is 0 Å². The van der Waals surface area contributed by atoms with Gasteiger partial charge in [0.25, 0.3) is 0 Å². The van der Waals surface area contributed by atoms with Crippen molar-refractivity contribution in [3.05, 3.63) is 23.2 Å². The first-order chi connectivity index (χ1) is 8.85. The first-order valence-corrected chi connectivity index (χ1v) is 6.36. The molecule has 5 nitrogen and oxygen atoms in total. The number of aromatic nitrogens is 2. The molecule has 0 spiro atoms. The van der Waals surface area contributed by atoms with Crippen LogP contribution in [0.5, 0.6) is 0 Å². The molecule has 1 aromatic carbocycles. The maximum absolute atomic E-state index is 11.9. The van der Waals surface area contributed by atoms with Crippen LogP contribution in [0.15, 0.2) is 18.2 Å². The first kappa shape index (κ1) is 13.7. The molecule has 0 unspecified atom stereocenters. The van der Waals surface area contributed by atoms with Crippen LogP contribution < -0.4 is 11.1 Å². The predicted molar refractivity (Wildman–Crippen MR) is 77.0 cm³/mol. The minimum atomic E-state index is -0.585. The molecule has 0 aliphatic heterocycles. The molecule has 0 saturated heterocycles. The van der Waals surface area contributed by atoms with Gasteiger partial charge in [-0.05, 0) is 32.0 Å². The highest BCUT2D eigenvalue weighted by molar-refractivity contribution is 6.31. The molecule has 6 heteroatoms. The Hall–Kier alpha value is -1.75. The quantitative estimate of drug-likeness (QED) is 0.904. The van der Waals surface area contributed by atoms with Crippen molar-refractivity contribution in [1.29, 1.82) is 0 Å². The molecule has 2 aromatic rings. The molecule has 0 aliphatic carbocycles. The normalized spacial score (nSPS) is 11.8. The van der Waals surface area contributed by atoms with Crippen molar-refractivity contribution in [2.24, 2.45) is 5.41 Å². The van der Waals surface area contributed by atoms with Crippen LogP contribution >= 0.6 is 11.6 Å². The number of nitrogens with one attached hydrogen (secondary N) is 1. The summed E-state index contributed by atoms with van der Waals surface area (Å²) < 4.78 is 1.82. The van der Waals surface area contributed by atoms with Gasteiger partial charge in [-0.2, -0.15) is 0 Å². The summed E-state index contributed by atoms with van der Waals surface area (Å²) in [5.74, 6) is 0.338. The molecular weight excluding hydrogens is 264 g/mol. The van der Waals surface area contributed by atoms with Crippen molar-refractivity contribution in [1.82, 2.24) is 14.9 Å². The summed E-state index contributed by atoms with van der Waals surface area (Å²) in [5.41, 5.74) is 6.95. The maximum Gasteiger partial charge on any atom is 0.227 e. The molecule has 1 aromatic heterocycles. The number of nitrogens with zero attached hydrogens (tertiary/aromatic N) is 2. The third-order valence-electron chi connectivity index (χ3n) is 3.13. The lowest BCUT2D eigenvalue weighted by Gasteiger charge is -2.23. The van der Waals surface area contributed by atoms with Gasteiger partial charge in [-0.3, -0.25) is 4.79 Å². The molecular formula is C13H17ClN4O. The van der Waals surface area contributed by atoms with E-state index >= 15 is 0 Å². The number of fused-ring (bicyclic) bond motifs is 1. The number of nitrogen functional groups attached to an aromatic ring is 1. The number of amides is 1. The van der Waals surface area contributed by atoms with Crippen molar-refractivity contribution in [2.75, 3.05) is 12.8 Å². The van der Waals surface area contributed by atoms with Gasteiger partial charge in [0.2, 0.25) is 11.9 Å². The zero-order chi connectivity index (χ0) is 14.2. The number of nitrogens with two attached hydrogens (primary N) is 1. The summed E-state index contributed by atoms with van der Waals surface area (Å²) in [6, 6.07) is 5.39. The molecule has 0 radical (unpaired) electrons. The number of hydrogen-bond donors (Lipinski definition) is 2. The molecule has 2 rings (SSSR count). The lowest BCUT2D eigenvalue weighted by Crippen LogP contribution is -2.37. The fourth-order valence-electron chi connectivity index (χ4n) is 2.09. The average Bonchev–Trinajstić information content (AvgIpc) is 2.64. The van der Waals surface area contributed by atoms with Gasteiger partial charge >= 0.3 is 0 Å². The van der Waals surface area contributed by atoms with Crippen LogP contribution in [-0.2, 0) is 11.3 Å². The van der Waals surface area contributed by atoms with Crippen LogP contribution in [0.4, 0.5) is 5.95 Å². The largest absolute Gasteiger partial charge is 0.369 e. The Morgan fingerprint density at radius 2 is 2.21 bits per heavy atom. The Bertz CT molecular complexity index is 633. The molecule has 0 atom stereocenters. The summed E-state index contributed by atoms with van der Waals surface area (Å²) in [6.07, 6.45) is 0. The Labute approximate surface area is 116 Å². The van der Waals surface area contributed by atoms with Crippen molar-refractivity contribution in [3.63, 3.8) is 0 Å². The summed E-state index contributed by atoms with van der Waals surface area (Å²) in [4.78, 5) is 16.1. The molecule has 1 heterocycles. The molecule has 1 amide bonds. The number of carbonyl (C=O) groups is 1. The first-order valence-electron chi connectivity index (χ1n) is 5.98. The zero-order valence-electron chi connectivity index (χ0n) is 11.2. The number of anilines is 1. The maximum atomic E-state index is 11.9. The fraction of sp³-hybridized carbons (Fsp3) is 0.385. The SMILES string of the molecule is CNC(=O)C(C)(C)Cn1c(N)nc2ccc(Cl)cc21. The van der Waals surface area contributed by atoms with E-state index in [9.17, 15) is 4.79 Å². The van der Waals surface area contributed by atoms with E-state index in [1.807, 2.05) is 24.5 Å². The second-order valence-electron chi connectivity index (χ2n) is 5.15. The van der Waals surface area contributed by atoms with Crippen molar-refractivity contribution < 1.29 is 4.79 Å². The average molecular weight is 281 g/mol. The van der Waals surface area contributed by atoms with Gasteiger partial charge in [0.05, 0.1) is 16.4 Å². The second kappa shape index (κ2) is 4.74. The van der Waals surface area contributed by atoms with Crippen molar-refractivity contribution >= 4 is 34.5 Å². The van der Waals surface area contributed by atoms with Crippen LogP contribution in [0, 0.1) is 5.41 Å². The number of rotatable bonds is 3. The molecule has 19 heavy (non-hydrogen) atoms. The van der Waals surface area contributed by atoms with Gasteiger partial charge in [0.15, 0.2) is 0 Å². The van der Waals surface area contributed by atoms with Gasteiger partial charge in [-0.15, -0.1) is 0 Å². The van der Waals surface area contributed by atoms with Gasteiger partial charge < -0.3 is 15.6 Å². The van der Waals surface area contributed by atoms with E-state index in [1.54, 1.807) is 19.2 Å². The van der Waals surface area contributed by atoms with E-state index in [2.05, 4.69) is 10.3 Å². The molecule has 0 aliphatic rings. The summed E-state index contributed by atoms with van der Waals surface area (Å²) in [5, 5.41) is 3.27. The number of carbonyl (C=O) groups excluding carboxylic acids is 1. The van der Waals surface area contributed by atoms with Gasteiger partial charge in [-0.1, -0.05) is 11.6 Å². The number of halogens is 1. The zero-order valence-corrected chi connectivity index (χ0v) is 12.0. The van der Waals surface area contributed by atoms with E-state index in [0.717, 1.165) is 11.0 Å². The topological polar surface area (TPSA) is 72.9 Å². The molecule has 102 valence electrons. The Balaban J connectivity index is 2.48. The molecule has 0 fully saturated rings. The highest BCUT2D eigenvalue weighted by atomic mass is 35.5. The molecule has 3 N–H and O–H groups in total. The third-order valence-corrected chi connectivity index (χ3v) is 3.37. The Morgan fingerprint density at radius 1 is 1.53 bits per heavy atom. The number of benzene rings is 1. The minimum absolute atomic E-state index is 0.0456. The third kappa shape index (κ3) is 2.51. The standard InChI is InChI=1S/C13H17ClN4O/c1-13(2,11(19)16-3)7-18-10-6-8(14)4-5-9(10)17-12(18)15/h4-6H,7H2,1-3H3,(H2,15,17)(H,16,19). The lowest BCUT2D eigenvalue weighted by atomic mass is 9.92. The Kier molecular flexibility index (Phi) is 3.41. The van der Waals surface area contributed by atoms with Crippen LogP contribution in [0.25, 0.3) is 11.0 Å². The lowest BCUT2D eigenvalue weighted by molar-refractivity contribution is -0.129. The van der Waals surface area contributed by atoms with E-state index < -0.39 is 5.41 Å². The monoisotopic (exact) mass is 280 g/mol.